The van der Waals surface area contributed by atoms with Crippen molar-refractivity contribution in [2.75, 3.05) is 14.2 Å². The summed E-state index contributed by atoms with van der Waals surface area (Å²) in [7, 11) is 2.96. The van der Waals surface area contributed by atoms with Gasteiger partial charge in [0.1, 0.15) is 6.29 Å². The van der Waals surface area contributed by atoms with Gasteiger partial charge in [-0.15, -0.1) is 0 Å². The lowest BCUT2D eigenvalue weighted by atomic mass is 10.00. The van der Waals surface area contributed by atoms with Gasteiger partial charge in [0, 0.05) is 34.6 Å². The van der Waals surface area contributed by atoms with Crippen LogP contribution >= 0.6 is 0 Å². The van der Waals surface area contributed by atoms with E-state index in [9.17, 15) is 14.7 Å². The number of aromatic hydroxyl groups is 1. The Kier molecular flexibility index (Phi) is 5.83. The summed E-state index contributed by atoms with van der Waals surface area (Å²) in [5.74, 6) is -0.314. The quantitative estimate of drug-likeness (QED) is 0.269. The molecule has 0 unspecified atom stereocenters. The number of rotatable bonds is 6. The molecule has 3 aromatic carbocycles. The normalized spacial score (nSPS) is 11.5. The summed E-state index contributed by atoms with van der Waals surface area (Å²) in [4.78, 5) is 36.1. The highest BCUT2D eigenvalue weighted by molar-refractivity contribution is 6.22. The van der Waals surface area contributed by atoms with Crippen LogP contribution in [-0.4, -0.2) is 47.2 Å². The van der Waals surface area contributed by atoms with Crippen LogP contribution in [0.25, 0.3) is 10.9 Å². The molecule has 2 N–H and O–H groups in total. The van der Waals surface area contributed by atoms with Crippen molar-refractivity contribution in [2.45, 2.75) is 0 Å². The maximum absolute atomic E-state index is 12.3. The summed E-state index contributed by atoms with van der Waals surface area (Å²) in [6.45, 7) is 0. The molecule has 1 amide bonds. The first kappa shape index (κ1) is 21.0. The third kappa shape index (κ3) is 4.01. The van der Waals surface area contributed by atoms with E-state index in [-0.39, 0.29) is 11.8 Å². The molecule has 0 saturated carbocycles. The van der Waals surface area contributed by atoms with E-state index in [2.05, 4.69) is 4.98 Å². The lowest BCUT2D eigenvalue weighted by Gasteiger charge is -2.13. The standard InChI is InChI=1S/C25H21N3O4/c1-28(32-2)25(31)18-9-11-19(12-10-18)26-23(17-6-4-3-5-7-17)22-20-13-8-16(15-29)14-21(20)27-24(22)30/h3-15,27,30H,1-2H3. The van der Waals surface area contributed by atoms with Crippen molar-refractivity contribution in [3.8, 4) is 5.88 Å². The van der Waals surface area contributed by atoms with Crippen LogP contribution in [0.3, 0.4) is 0 Å². The number of carbonyl (C=O) groups excluding carboxylic acids is 2. The number of aromatic nitrogens is 1. The third-order valence-corrected chi connectivity index (χ3v) is 5.14. The minimum Gasteiger partial charge on any atom is -0.494 e. The number of aromatic amines is 1. The van der Waals surface area contributed by atoms with E-state index in [0.29, 0.717) is 33.6 Å². The largest absolute Gasteiger partial charge is 0.494 e. The Balaban J connectivity index is 1.84. The van der Waals surface area contributed by atoms with Crippen LogP contribution in [0, 0.1) is 0 Å². The minimum absolute atomic E-state index is 0.0424. The molecular formula is C25H21N3O4. The van der Waals surface area contributed by atoms with Gasteiger partial charge in [-0.2, -0.15) is 0 Å². The number of carbonyl (C=O) groups is 2. The predicted molar refractivity (Wildman–Crippen MR) is 123 cm³/mol. The van der Waals surface area contributed by atoms with E-state index in [1.54, 1.807) is 42.5 Å². The first-order chi connectivity index (χ1) is 15.5. The molecule has 0 aliphatic carbocycles. The van der Waals surface area contributed by atoms with Crippen LogP contribution in [0.15, 0.2) is 77.8 Å². The van der Waals surface area contributed by atoms with Crippen molar-refractivity contribution in [3.05, 3.63) is 95.1 Å². The Morgan fingerprint density at radius 1 is 1.03 bits per heavy atom. The van der Waals surface area contributed by atoms with E-state index < -0.39 is 0 Å². The highest BCUT2D eigenvalue weighted by atomic mass is 16.7. The number of H-pyrrole nitrogens is 1. The lowest BCUT2D eigenvalue weighted by Crippen LogP contribution is -2.25. The van der Waals surface area contributed by atoms with Gasteiger partial charge >= 0.3 is 0 Å². The first-order valence-electron chi connectivity index (χ1n) is 9.88. The van der Waals surface area contributed by atoms with E-state index in [0.717, 1.165) is 22.3 Å². The number of aliphatic imine (C=N–C) groups is 1. The predicted octanol–water partition coefficient (Wildman–Crippen LogP) is 4.49. The molecule has 4 aromatic rings. The van der Waals surface area contributed by atoms with Gasteiger partial charge in [-0.1, -0.05) is 42.5 Å². The fourth-order valence-electron chi connectivity index (χ4n) is 3.45. The van der Waals surface area contributed by atoms with Crippen molar-refractivity contribution in [1.82, 2.24) is 10.0 Å². The number of amides is 1. The van der Waals surface area contributed by atoms with Gasteiger partial charge in [-0.3, -0.25) is 14.4 Å². The van der Waals surface area contributed by atoms with E-state index in [1.807, 2.05) is 30.3 Å². The molecule has 0 spiro atoms. The lowest BCUT2D eigenvalue weighted by molar-refractivity contribution is -0.0756. The van der Waals surface area contributed by atoms with Crippen molar-refractivity contribution in [2.24, 2.45) is 4.99 Å². The molecule has 1 aromatic heterocycles. The molecule has 0 radical (unpaired) electrons. The van der Waals surface area contributed by atoms with Crippen molar-refractivity contribution < 1.29 is 19.5 Å². The van der Waals surface area contributed by atoms with Gasteiger partial charge in [-0.25, -0.2) is 10.1 Å². The second kappa shape index (κ2) is 8.87. The minimum atomic E-state index is -0.272. The van der Waals surface area contributed by atoms with Crippen LogP contribution in [0.5, 0.6) is 5.88 Å². The molecule has 7 heteroatoms. The summed E-state index contributed by atoms with van der Waals surface area (Å²) in [5, 5.41) is 12.6. The molecule has 0 bridgehead atoms. The molecule has 32 heavy (non-hydrogen) atoms. The number of aldehydes is 1. The maximum atomic E-state index is 12.3. The number of hydroxylamine groups is 2. The molecule has 4 rings (SSSR count). The van der Waals surface area contributed by atoms with Gasteiger partial charge in [-0.05, 0) is 30.3 Å². The average molecular weight is 427 g/mol. The number of fused-ring (bicyclic) bond motifs is 1. The zero-order chi connectivity index (χ0) is 22.7. The third-order valence-electron chi connectivity index (χ3n) is 5.14. The fraction of sp³-hybridized carbons (Fsp3) is 0.0800. The molecule has 0 saturated heterocycles. The van der Waals surface area contributed by atoms with Crippen molar-refractivity contribution in [3.63, 3.8) is 0 Å². The number of hydrogen-bond acceptors (Lipinski definition) is 5. The number of hydrogen-bond donors (Lipinski definition) is 2. The Morgan fingerprint density at radius 2 is 1.75 bits per heavy atom. The van der Waals surface area contributed by atoms with Crippen molar-refractivity contribution >= 4 is 34.5 Å². The first-order valence-corrected chi connectivity index (χ1v) is 9.88. The fourth-order valence-corrected chi connectivity index (χ4v) is 3.45. The van der Waals surface area contributed by atoms with Crippen molar-refractivity contribution in [1.29, 1.82) is 0 Å². The summed E-state index contributed by atoms with van der Waals surface area (Å²) >= 11 is 0. The van der Waals surface area contributed by atoms with E-state index in [4.69, 9.17) is 9.83 Å². The number of nitrogens with one attached hydrogen (secondary N) is 1. The zero-order valence-electron chi connectivity index (χ0n) is 17.6. The van der Waals surface area contributed by atoms with Gasteiger partial charge in [0.25, 0.3) is 5.91 Å². The Labute approximate surface area is 184 Å². The monoisotopic (exact) mass is 427 g/mol. The van der Waals surface area contributed by atoms with Crippen LogP contribution in [0.2, 0.25) is 0 Å². The van der Waals surface area contributed by atoms with E-state index in [1.165, 1.54) is 14.2 Å². The molecule has 160 valence electrons. The summed E-state index contributed by atoms with van der Waals surface area (Å²) in [5.41, 5.74) is 4.11. The molecule has 7 nitrogen and oxygen atoms in total. The Bertz CT molecular complexity index is 1310. The second-order valence-corrected chi connectivity index (χ2v) is 7.13. The maximum Gasteiger partial charge on any atom is 0.277 e. The number of nitrogens with zero attached hydrogens (tertiary/aromatic N) is 2. The molecule has 1 heterocycles. The highest BCUT2D eigenvalue weighted by Crippen LogP contribution is 2.32. The van der Waals surface area contributed by atoms with Crippen LogP contribution < -0.4 is 0 Å². The zero-order valence-corrected chi connectivity index (χ0v) is 17.6. The average Bonchev–Trinajstić information content (AvgIpc) is 3.17. The Morgan fingerprint density at radius 3 is 2.41 bits per heavy atom. The Hall–Kier alpha value is -4.23. The molecule has 0 atom stereocenters. The molecular weight excluding hydrogens is 406 g/mol. The van der Waals surface area contributed by atoms with Gasteiger partial charge in [0.05, 0.1) is 24.1 Å². The van der Waals surface area contributed by atoms with Crippen LogP contribution in [-0.2, 0) is 4.84 Å². The van der Waals surface area contributed by atoms with Crippen LogP contribution in [0.1, 0.15) is 31.8 Å². The van der Waals surface area contributed by atoms with E-state index >= 15 is 0 Å². The topological polar surface area (TPSA) is 95.0 Å². The second-order valence-electron chi connectivity index (χ2n) is 7.13. The summed E-state index contributed by atoms with van der Waals surface area (Å²) in [6, 6.07) is 21.5. The van der Waals surface area contributed by atoms with Gasteiger partial charge in [0.2, 0.25) is 0 Å². The molecule has 0 aliphatic rings. The highest BCUT2D eigenvalue weighted by Gasteiger charge is 2.19. The smallest absolute Gasteiger partial charge is 0.277 e. The molecule has 0 fully saturated rings. The van der Waals surface area contributed by atoms with Gasteiger partial charge < -0.3 is 10.1 Å². The van der Waals surface area contributed by atoms with Gasteiger partial charge in [0.15, 0.2) is 5.88 Å². The number of benzene rings is 3. The summed E-state index contributed by atoms with van der Waals surface area (Å²) in [6.07, 6.45) is 0.757. The SMILES string of the molecule is CON(C)C(=O)c1ccc(N=C(c2ccccc2)c2c(O)[nH]c3cc(C=O)ccc23)cc1. The van der Waals surface area contributed by atoms with Crippen LogP contribution in [0.4, 0.5) is 5.69 Å². The summed E-state index contributed by atoms with van der Waals surface area (Å²) < 4.78 is 0. The molecule has 0 aliphatic heterocycles.